The van der Waals surface area contributed by atoms with E-state index in [0.29, 0.717) is 13.1 Å². The van der Waals surface area contributed by atoms with Crippen molar-refractivity contribution in [3.8, 4) is 0 Å². The molecular formula is C16H20N4O. The summed E-state index contributed by atoms with van der Waals surface area (Å²) in [5, 5.41) is 10.5. The van der Waals surface area contributed by atoms with Crippen LogP contribution in [0.4, 0.5) is 5.69 Å². The van der Waals surface area contributed by atoms with E-state index in [1.54, 1.807) is 4.68 Å². The number of aromatic nitrogens is 2. The van der Waals surface area contributed by atoms with Crippen LogP contribution in [-0.2, 0) is 24.7 Å². The van der Waals surface area contributed by atoms with Gasteiger partial charge in [-0.1, -0.05) is 18.2 Å². The fourth-order valence-corrected chi connectivity index (χ4v) is 2.70. The normalized spacial score (nSPS) is 16.9. The van der Waals surface area contributed by atoms with Crippen molar-refractivity contribution in [2.24, 2.45) is 13.0 Å². The first-order valence-corrected chi connectivity index (χ1v) is 7.29. The smallest absolute Gasteiger partial charge is 0.225 e. The Morgan fingerprint density at radius 2 is 2.33 bits per heavy atom. The van der Waals surface area contributed by atoms with E-state index < -0.39 is 0 Å². The Kier molecular flexibility index (Phi) is 3.90. The molecular weight excluding hydrogens is 264 g/mol. The van der Waals surface area contributed by atoms with Crippen molar-refractivity contribution < 1.29 is 4.79 Å². The van der Waals surface area contributed by atoms with Gasteiger partial charge < -0.3 is 10.6 Å². The van der Waals surface area contributed by atoms with Gasteiger partial charge in [0.05, 0.1) is 12.1 Å². The summed E-state index contributed by atoms with van der Waals surface area (Å²) >= 11 is 0. The van der Waals surface area contributed by atoms with Gasteiger partial charge in [-0.05, 0) is 30.0 Å². The van der Waals surface area contributed by atoms with Gasteiger partial charge in [0.2, 0.25) is 5.91 Å². The van der Waals surface area contributed by atoms with Gasteiger partial charge >= 0.3 is 0 Å². The number of hydrogen-bond acceptors (Lipinski definition) is 3. The molecule has 2 N–H and O–H groups in total. The topological polar surface area (TPSA) is 59.0 Å². The number of fused-ring (bicyclic) bond motifs is 1. The number of aryl methyl sites for hydroxylation is 1. The van der Waals surface area contributed by atoms with Crippen LogP contribution in [0.3, 0.4) is 0 Å². The maximum absolute atomic E-state index is 12.2. The average Bonchev–Trinajstić information content (AvgIpc) is 2.92. The Hall–Kier alpha value is -2.30. The summed E-state index contributed by atoms with van der Waals surface area (Å²) in [4.78, 5) is 12.2. The van der Waals surface area contributed by atoms with Crippen molar-refractivity contribution >= 4 is 11.6 Å². The van der Waals surface area contributed by atoms with Crippen LogP contribution < -0.4 is 10.6 Å². The molecule has 0 bridgehead atoms. The molecule has 1 aliphatic heterocycles. The quantitative estimate of drug-likeness (QED) is 0.891. The molecule has 5 nitrogen and oxygen atoms in total. The molecule has 3 rings (SSSR count). The standard InChI is InChI=1S/C16H20N4O/c1-20-11-12(9-19-20)6-7-17-16(21)14-8-13-4-2-3-5-15(13)18-10-14/h2-5,9,11,14,18H,6-8,10H2,1H3,(H,17,21). The number of carbonyl (C=O) groups is 1. The van der Waals surface area contributed by atoms with E-state index in [1.807, 2.05) is 31.6 Å². The highest BCUT2D eigenvalue weighted by Gasteiger charge is 2.23. The summed E-state index contributed by atoms with van der Waals surface area (Å²) in [6.45, 7) is 1.36. The lowest BCUT2D eigenvalue weighted by Gasteiger charge is -2.25. The van der Waals surface area contributed by atoms with Crippen LogP contribution in [0.5, 0.6) is 0 Å². The summed E-state index contributed by atoms with van der Waals surface area (Å²) in [6.07, 6.45) is 5.44. The Balaban J connectivity index is 1.50. The summed E-state index contributed by atoms with van der Waals surface area (Å²) < 4.78 is 1.78. The molecule has 0 saturated heterocycles. The molecule has 0 aliphatic carbocycles. The molecule has 2 heterocycles. The largest absolute Gasteiger partial charge is 0.384 e. The highest BCUT2D eigenvalue weighted by atomic mass is 16.1. The summed E-state index contributed by atoms with van der Waals surface area (Å²) in [5.74, 6) is 0.134. The van der Waals surface area contributed by atoms with Gasteiger partial charge in [0.15, 0.2) is 0 Å². The summed E-state index contributed by atoms with van der Waals surface area (Å²) in [6, 6.07) is 8.17. The molecule has 1 aromatic carbocycles. The minimum Gasteiger partial charge on any atom is -0.384 e. The van der Waals surface area contributed by atoms with Gasteiger partial charge in [0.25, 0.3) is 0 Å². The van der Waals surface area contributed by atoms with Gasteiger partial charge in [-0.25, -0.2) is 0 Å². The lowest BCUT2D eigenvalue weighted by Crippen LogP contribution is -2.38. The van der Waals surface area contributed by atoms with E-state index in [1.165, 1.54) is 5.56 Å². The molecule has 5 heteroatoms. The van der Waals surface area contributed by atoms with Gasteiger partial charge in [-0.15, -0.1) is 0 Å². The number of rotatable bonds is 4. The second-order valence-electron chi connectivity index (χ2n) is 5.50. The number of benzene rings is 1. The average molecular weight is 284 g/mol. The first-order valence-electron chi connectivity index (χ1n) is 7.29. The Bertz CT molecular complexity index is 635. The maximum Gasteiger partial charge on any atom is 0.225 e. The lowest BCUT2D eigenvalue weighted by molar-refractivity contribution is -0.124. The third-order valence-corrected chi connectivity index (χ3v) is 3.86. The molecule has 1 unspecified atom stereocenters. The van der Waals surface area contributed by atoms with Crippen molar-refractivity contribution in [2.75, 3.05) is 18.4 Å². The van der Waals surface area contributed by atoms with Crippen LogP contribution in [0.2, 0.25) is 0 Å². The highest BCUT2D eigenvalue weighted by molar-refractivity contribution is 5.80. The second kappa shape index (κ2) is 5.99. The van der Waals surface area contributed by atoms with E-state index in [-0.39, 0.29) is 11.8 Å². The van der Waals surface area contributed by atoms with E-state index in [2.05, 4.69) is 27.9 Å². The number of para-hydroxylation sites is 1. The highest BCUT2D eigenvalue weighted by Crippen LogP contribution is 2.24. The molecule has 110 valence electrons. The molecule has 1 atom stereocenters. The molecule has 1 aromatic heterocycles. The maximum atomic E-state index is 12.2. The third-order valence-electron chi connectivity index (χ3n) is 3.86. The predicted octanol–water partition coefficient (Wildman–Crippen LogP) is 1.36. The molecule has 0 saturated carbocycles. The van der Waals surface area contributed by atoms with Crippen LogP contribution in [0.25, 0.3) is 0 Å². The van der Waals surface area contributed by atoms with Gasteiger partial charge in [0.1, 0.15) is 0 Å². The van der Waals surface area contributed by atoms with Crippen molar-refractivity contribution in [1.82, 2.24) is 15.1 Å². The molecule has 2 aromatic rings. The third kappa shape index (κ3) is 3.24. The van der Waals surface area contributed by atoms with Gasteiger partial charge in [-0.3, -0.25) is 9.48 Å². The van der Waals surface area contributed by atoms with Crippen molar-refractivity contribution in [3.05, 3.63) is 47.8 Å². The van der Waals surface area contributed by atoms with Crippen LogP contribution >= 0.6 is 0 Å². The second-order valence-corrected chi connectivity index (χ2v) is 5.50. The lowest BCUT2D eigenvalue weighted by atomic mass is 9.93. The molecule has 21 heavy (non-hydrogen) atoms. The van der Waals surface area contributed by atoms with Crippen molar-refractivity contribution in [1.29, 1.82) is 0 Å². The minimum atomic E-state index is 0.00815. The van der Waals surface area contributed by atoms with E-state index >= 15 is 0 Å². The Morgan fingerprint density at radius 3 is 3.14 bits per heavy atom. The zero-order valence-corrected chi connectivity index (χ0v) is 12.2. The van der Waals surface area contributed by atoms with Gasteiger partial charge in [-0.2, -0.15) is 5.10 Å². The first-order chi connectivity index (χ1) is 10.2. The van der Waals surface area contributed by atoms with Crippen LogP contribution in [0.15, 0.2) is 36.7 Å². The summed E-state index contributed by atoms with van der Waals surface area (Å²) in [7, 11) is 1.90. The van der Waals surface area contributed by atoms with Crippen LogP contribution in [-0.4, -0.2) is 28.8 Å². The van der Waals surface area contributed by atoms with Gasteiger partial charge in [0, 0.05) is 32.0 Å². The first kappa shape index (κ1) is 13.7. The summed E-state index contributed by atoms with van der Waals surface area (Å²) in [5.41, 5.74) is 3.51. The monoisotopic (exact) mass is 284 g/mol. The molecule has 0 spiro atoms. The Morgan fingerprint density at radius 1 is 1.48 bits per heavy atom. The Labute approximate surface area is 124 Å². The predicted molar refractivity (Wildman–Crippen MR) is 82.0 cm³/mol. The molecule has 1 amide bonds. The van der Waals surface area contributed by atoms with E-state index in [9.17, 15) is 4.79 Å². The van der Waals surface area contributed by atoms with E-state index in [4.69, 9.17) is 0 Å². The fourth-order valence-electron chi connectivity index (χ4n) is 2.70. The molecule has 0 fully saturated rings. The van der Waals surface area contributed by atoms with Crippen LogP contribution in [0.1, 0.15) is 11.1 Å². The van der Waals surface area contributed by atoms with Crippen molar-refractivity contribution in [3.63, 3.8) is 0 Å². The number of hydrogen-bond donors (Lipinski definition) is 2. The number of nitrogens with zero attached hydrogens (tertiary/aromatic N) is 2. The zero-order chi connectivity index (χ0) is 14.7. The number of nitrogens with one attached hydrogen (secondary N) is 2. The zero-order valence-electron chi connectivity index (χ0n) is 12.2. The number of amides is 1. The number of anilines is 1. The van der Waals surface area contributed by atoms with Crippen LogP contribution in [0, 0.1) is 5.92 Å². The van der Waals surface area contributed by atoms with E-state index in [0.717, 1.165) is 24.1 Å². The fraction of sp³-hybridized carbons (Fsp3) is 0.375. The SMILES string of the molecule is Cn1cc(CCNC(=O)C2CNc3ccccc3C2)cn1. The minimum absolute atomic E-state index is 0.00815. The molecule has 0 radical (unpaired) electrons. The number of carbonyl (C=O) groups excluding carboxylic acids is 1. The van der Waals surface area contributed by atoms with Crippen molar-refractivity contribution in [2.45, 2.75) is 12.8 Å². The molecule has 1 aliphatic rings.